The summed E-state index contributed by atoms with van der Waals surface area (Å²) < 4.78 is 10.9. The maximum atomic E-state index is 12.4. The van der Waals surface area contributed by atoms with Gasteiger partial charge in [-0.2, -0.15) is 0 Å². The highest BCUT2D eigenvalue weighted by molar-refractivity contribution is 5.84. The molecule has 0 saturated carbocycles. The van der Waals surface area contributed by atoms with Gasteiger partial charge in [-0.3, -0.25) is 4.79 Å². The van der Waals surface area contributed by atoms with Crippen molar-refractivity contribution < 1.29 is 23.8 Å². The second-order valence-electron chi connectivity index (χ2n) is 5.90. The summed E-state index contributed by atoms with van der Waals surface area (Å²) in [6.07, 6.45) is 0.480. The summed E-state index contributed by atoms with van der Waals surface area (Å²) in [7, 11) is 0. The summed E-state index contributed by atoms with van der Waals surface area (Å²) in [5.74, 6) is -0.109. The van der Waals surface area contributed by atoms with Crippen molar-refractivity contribution in [3.05, 3.63) is 41.9 Å². The van der Waals surface area contributed by atoms with Gasteiger partial charge in [0.05, 0.1) is 18.9 Å². The lowest BCUT2D eigenvalue weighted by Crippen LogP contribution is -2.52. The molecule has 0 spiro atoms. The first-order valence-electron chi connectivity index (χ1n) is 8.18. The Morgan fingerprint density at radius 3 is 2.80 bits per heavy atom. The maximum Gasteiger partial charge on any atom is 0.328 e. The third-order valence-electron chi connectivity index (χ3n) is 4.16. The summed E-state index contributed by atoms with van der Waals surface area (Å²) in [5, 5.41) is 9.20. The van der Waals surface area contributed by atoms with E-state index in [1.54, 1.807) is 0 Å². The Morgan fingerprint density at radius 2 is 2.08 bits per heavy atom. The number of benzene rings is 1. The molecule has 2 heterocycles. The average molecular weight is 344 g/mol. The summed E-state index contributed by atoms with van der Waals surface area (Å²) in [4.78, 5) is 29.4. The number of ether oxygens (including phenoxy) is 1. The number of amides is 1. The fraction of sp³-hybridized carbons (Fsp3) is 0.389. The standard InChI is InChI=1S/C18H20N2O5/c1-12-17(13-5-3-2-4-6-13)25-15(19-12)7-8-16(21)20-9-10-24-11-14(20)18(22)23/h2-6,14H,7-11H2,1H3,(H,22,23)/t14-/m1/s1. The first-order valence-corrected chi connectivity index (χ1v) is 8.18. The normalized spacial score (nSPS) is 17.5. The molecule has 2 aromatic rings. The number of carbonyl (C=O) groups excluding carboxylic acids is 1. The fourth-order valence-corrected chi connectivity index (χ4v) is 2.88. The van der Waals surface area contributed by atoms with Gasteiger partial charge in [0.15, 0.2) is 17.7 Å². The van der Waals surface area contributed by atoms with Crippen molar-refractivity contribution in [2.75, 3.05) is 19.8 Å². The van der Waals surface area contributed by atoms with Crippen LogP contribution in [0.5, 0.6) is 0 Å². The largest absolute Gasteiger partial charge is 0.480 e. The van der Waals surface area contributed by atoms with Crippen LogP contribution in [-0.2, 0) is 20.7 Å². The highest BCUT2D eigenvalue weighted by Gasteiger charge is 2.32. The monoisotopic (exact) mass is 344 g/mol. The van der Waals surface area contributed by atoms with Crippen LogP contribution < -0.4 is 0 Å². The van der Waals surface area contributed by atoms with Crippen LogP contribution in [0.3, 0.4) is 0 Å². The lowest BCUT2D eigenvalue weighted by molar-refractivity contribution is -0.158. The Labute approximate surface area is 145 Å². The van der Waals surface area contributed by atoms with Crippen LogP contribution in [0, 0.1) is 6.92 Å². The number of nitrogens with zero attached hydrogens (tertiary/aromatic N) is 2. The van der Waals surface area contributed by atoms with Crippen LogP contribution in [-0.4, -0.2) is 52.7 Å². The van der Waals surface area contributed by atoms with E-state index in [1.165, 1.54) is 4.90 Å². The second-order valence-corrected chi connectivity index (χ2v) is 5.90. The molecule has 1 aromatic carbocycles. The van der Waals surface area contributed by atoms with Gasteiger partial charge in [0.2, 0.25) is 5.91 Å². The molecule has 0 radical (unpaired) electrons. The molecule has 1 aromatic heterocycles. The highest BCUT2D eigenvalue weighted by atomic mass is 16.5. The van der Waals surface area contributed by atoms with Crippen LogP contribution >= 0.6 is 0 Å². The Kier molecular flexibility index (Phi) is 5.14. The van der Waals surface area contributed by atoms with Gasteiger partial charge in [0.1, 0.15) is 0 Å². The number of aliphatic carboxylic acids is 1. The van der Waals surface area contributed by atoms with Gasteiger partial charge in [0, 0.05) is 24.9 Å². The molecular formula is C18H20N2O5. The van der Waals surface area contributed by atoms with Gasteiger partial charge in [-0.05, 0) is 6.92 Å². The molecule has 132 valence electrons. The molecule has 1 N–H and O–H groups in total. The van der Waals surface area contributed by atoms with Crippen LogP contribution in [0.15, 0.2) is 34.7 Å². The van der Waals surface area contributed by atoms with E-state index < -0.39 is 12.0 Å². The summed E-state index contributed by atoms with van der Waals surface area (Å²) in [6.45, 7) is 2.53. The minimum Gasteiger partial charge on any atom is -0.480 e. The predicted octanol–water partition coefficient (Wildman–Crippen LogP) is 1.89. The number of rotatable bonds is 5. The number of morpholine rings is 1. The van der Waals surface area contributed by atoms with Crippen LogP contribution in [0.1, 0.15) is 18.0 Å². The maximum absolute atomic E-state index is 12.4. The second kappa shape index (κ2) is 7.48. The number of carboxylic acids is 1. The zero-order chi connectivity index (χ0) is 17.8. The summed E-state index contributed by atoms with van der Waals surface area (Å²) >= 11 is 0. The Morgan fingerprint density at radius 1 is 1.32 bits per heavy atom. The molecule has 1 saturated heterocycles. The first-order chi connectivity index (χ1) is 12.1. The zero-order valence-electron chi connectivity index (χ0n) is 14.0. The van der Waals surface area contributed by atoms with Crippen molar-refractivity contribution in [1.82, 2.24) is 9.88 Å². The van der Waals surface area contributed by atoms with Crippen LogP contribution in [0.4, 0.5) is 0 Å². The Bertz CT molecular complexity index is 756. The molecule has 1 aliphatic rings. The molecule has 0 aliphatic carbocycles. The van der Waals surface area contributed by atoms with E-state index >= 15 is 0 Å². The third kappa shape index (κ3) is 3.88. The van der Waals surface area contributed by atoms with E-state index in [-0.39, 0.29) is 25.5 Å². The molecule has 7 nitrogen and oxygen atoms in total. The molecule has 1 atom stereocenters. The Balaban J connectivity index is 1.65. The van der Waals surface area contributed by atoms with Crippen molar-refractivity contribution in [1.29, 1.82) is 0 Å². The van der Waals surface area contributed by atoms with Gasteiger partial charge >= 0.3 is 5.97 Å². The minimum atomic E-state index is -1.05. The quantitative estimate of drug-likeness (QED) is 0.890. The molecule has 0 bridgehead atoms. The third-order valence-corrected chi connectivity index (χ3v) is 4.16. The SMILES string of the molecule is Cc1nc(CCC(=O)N2CCOC[C@@H]2C(=O)O)oc1-c1ccccc1. The molecule has 25 heavy (non-hydrogen) atoms. The lowest BCUT2D eigenvalue weighted by Gasteiger charge is -2.32. The first kappa shape index (κ1) is 17.2. The number of hydrogen-bond acceptors (Lipinski definition) is 5. The van der Waals surface area contributed by atoms with E-state index in [0.29, 0.717) is 24.7 Å². The fourth-order valence-electron chi connectivity index (χ4n) is 2.88. The Hall–Kier alpha value is -2.67. The number of oxazole rings is 1. The minimum absolute atomic E-state index is 0.0251. The number of aromatic nitrogens is 1. The van der Waals surface area contributed by atoms with E-state index in [4.69, 9.17) is 9.15 Å². The van der Waals surface area contributed by atoms with Gasteiger partial charge in [-0.15, -0.1) is 0 Å². The van der Waals surface area contributed by atoms with Crippen molar-refractivity contribution in [2.24, 2.45) is 0 Å². The topological polar surface area (TPSA) is 92.9 Å². The molecule has 3 rings (SSSR count). The summed E-state index contributed by atoms with van der Waals surface area (Å²) in [5.41, 5.74) is 1.70. The number of carbonyl (C=O) groups is 2. The van der Waals surface area contributed by atoms with Crippen LogP contribution in [0.2, 0.25) is 0 Å². The van der Waals surface area contributed by atoms with Crippen LogP contribution in [0.25, 0.3) is 11.3 Å². The highest BCUT2D eigenvalue weighted by Crippen LogP contribution is 2.24. The van der Waals surface area contributed by atoms with E-state index in [1.807, 2.05) is 37.3 Å². The molecule has 1 fully saturated rings. The number of hydrogen-bond donors (Lipinski definition) is 1. The number of aryl methyl sites for hydroxylation is 2. The van der Waals surface area contributed by atoms with Crippen molar-refractivity contribution in [3.8, 4) is 11.3 Å². The van der Waals surface area contributed by atoms with Gasteiger partial charge in [0.25, 0.3) is 0 Å². The zero-order valence-corrected chi connectivity index (χ0v) is 14.0. The number of carboxylic acid groups (broad SMARTS) is 1. The van der Waals surface area contributed by atoms with Crippen molar-refractivity contribution >= 4 is 11.9 Å². The molecule has 1 amide bonds. The average Bonchev–Trinajstić information content (AvgIpc) is 3.01. The van der Waals surface area contributed by atoms with Crippen molar-refractivity contribution in [2.45, 2.75) is 25.8 Å². The molecular weight excluding hydrogens is 324 g/mol. The van der Waals surface area contributed by atoms with E-state index in [2.05, 4.69) is 4.98 Å². The van der Waals surface area contributed by atoms with Gasteiger partial charge in [-0.25, -0.2) is 9.78 Å². The predicted molar refractivity (Wildman–Crippen MR) is 89.0 cm³/mol. The summed E-state index contributed by atoms with van der Waals surface area (Å²) in [6, 6.07) is 8.72. The molecule has 0 unspecified atom stereocenters. The smallest absolute Gasteiger partial charge is 0.328 e. The molecule has 7 heteroatoms. The van der Waals surface area contributed by atoms with Gasteiger partial charge < -0.3 is 19.2 Å². The molecule has 1 aliphatic heterocycles. The van der Waals surface area contributed by atoms with E-state index in [0.717, 1.165) is 11.3 Å². The van der Waals surface area contributed by atoms with Crippen molar-refractivity contribution in [3.63, 3.8) is 0 Å². The van der Waals surface area contributed by atoms with E-state index in [9.17, 15) is 14.7 Å². The van der Waals surface area contributed by atoms with Gasteiger partial charge in [-0.1, -0.05) is 30.3 Å². The lowest BCUT2D eigenvalue weighted by atomic mass is 10.1.